The van der Waals surface area contributed by atoms with E-state index in [1.807, 2.05) is 0 Å². The first-order valence-corrected chi connectivity index (χ1v) is 6.33. The average Bonchev–Trinajstić information content (AvgIpc) is 2.93. The van der Waals surface area contributed by atoms with Crippen molar-refractivity contribution in [2.75, 3.05) is 14.2 Å². The molecule has 0 aliphatic rings. The molecule has 2 rings (SSSR count). The lowest BCUT2D eigenvalue weighted by Crippen LogP contribution is -2.11. The first kappa shape index (κ1) is 14.8. The highest BCUT2D eigenvalue weighted by molar-refractivity contribution is 6.13. The van der Waals surface area contributed by atoms with Crippen molar-refractivity contribution in [2.45, 2.75) is 6.42 Å². The number of hydrogen-bond donors (Lipinski definition) is 0. The van der Waals surface area contributed by atoms with Crippen LogP contribution in [0.3, 0.4) is 0 Å². The van der Waals surface area contributed by atoms with Crippen LogP contribution in [-0.4, -0.2) is 35.6 Å². The van der Waals surface area contributed by atoms with Crippen molar-refractivity contribution in [3.8, 4) is 11.5 Å². The Bertz CT molecular complexity index is 676. The van der Waals surface area contributed by atoms with Gasteiger partial charge in [-0.3, -0.25) is 14.3 Å². The van der Waals surface area contributed by atoms with Gasteiger partial charge in [0.2, 0.25) is 0 Å². The largest absolute Gasteiger partial charge is 0.497 e. The summed E-state index contributed by atoms with van der Waals surface area (Å²) in [6, 6.07) is 6.47. The van der Waals surface area contributed by atoms with Crippen molar-refractivity contribution in [2.24, 2.45) is 7.05 Å². The SMILES string of the molecule is COc1ccc(OC)c(C(=O)CC(=O)c2ccn(C)n2)c1. The van der Waals surface area contributed by atoms with Crippen molar-refractivity contribution in [1.82, 2.24) is 9.78 Å². The minimum atomic E-state index is -0.332. The van der Waals surface area contributed by atoms with Crippen LogP contribution in [0.4, 0.5) is 0 Å². The number of nitrogens with zero attached hydrogens (tertiary/aromatic N) is 2. The molecule has 0 unspecified atom stereocenters. The van der Waals surface area contributed by atoms with Gasteiger partial charge in [-0.25, -0.2) is 0 Å². The molecular weight excluding hydrogens is 272 g/mol. The minimum Gasteiger partial charge on any atom is -0.497 e. The summed E-state index contributed by atoms with van der Waals surface area (Å²) in [5.41, 5.74) is 0.592. The van der Waals surface area contributed by atoms with E-state index in [-0.39, 0.29) is 23.7 Å². The van der Waals surface area contributed by atoms with Crippen LogP contribution in [0.15, 0.2) is 30.5 Å². The summed E-state index contributed by atoms with van der Waals surface area (Å²) in [5, 5.41) is 3.99. The van der Waals surface area contributed by atoms with Gasteiger partial charge in [0.25, 0.3) is 0 Å². The van der Waals surface area contributed by atoms with Crippen molar-refractivity contribution < 1.29 is 19.1 Å². The number of aryl methyl sites for hydroxylation is 1. The van der Waals surface area contributed by atoms with Crippen LogP contribution in [0.25, 0.3) is 0 Å². The van der Waals surface area contributed by atoms with Gasteiger partial charge in [0.1, 0.15) is 17.2 Å². The minimum absolute atomic E-state index is 0.263. The fourth-order valence-corrected chi connectivity index (χ4v) is 1.93. The van der Waals surface area contributed by atoms with Crippen LogP contribution in [0.1, 0.15) is 27.3 Å². The van der Waals surface area contributed by atoms with Crippen LogP contribution < -0.4 is 9.47 Å². The number of aromatic nitrogens is 2. The van der Waals surface area contributed by atoms with E-state index in [9.17, 15) is 9.59 Å². The normalized spacial score (nSPS) is 10.2. The molecule has 21 heavy (non-hydrogen) atoms. The summed E-state index contributed by atoms with van der Waals surface area (Å²) in [4.78, 5) is 24.3. The number of Topliss-reactive ketones (excluding diaryl/α,β-unsaturated/α-hetero) is 2. The molecule has 0 bridgehead atoms. The maximum Gasteiger partial charge on any atom is 0.190 e. The maximum absolute atomic E-state index is 12.3. The molecule has 1 aromatic carbocycles. The Morgan fingerprint density at radius 2 is 1.90 bits per heavy atom. The number of benzene rings is 1. The standard InChI is InChI=1S/C15H16N2O4/c1-17-7-6-12(16-17)14(19)9-13(18)11-8-10(20-2)4-5-15(11)21-3/h4-8H,9H2,1-3H3. The predicted molar refractivity (Wildman–Crippen MR) is 76.0 cm³/mol. The Hall–Kier alpha value is -2.63. The van der Waals surface area contributed by atoms with E-state index in [4.69, 9.17) is 9.47 Å². The second kappa shape index (κ2) is 6.21. The zero-order valence-corrected chi connectivity index (χ0v) is 12.1. The van der Waals surface area contributed by atoms with E-state index >= 15 is 0 Å². The number of ether oxygens (including phenoxy) is 2. The summed E-state index contributed by atoms with van der Waals surface area (Å²) in [7, 11) is 4.69. The highest BCUT2D eigenvalue weighted by atomic mass is 16.5. The molecule has 110 valence electrons. The molecule has 0 saturated carbocycles. The Kier molecular flexibility index (Phi) is 4.37. The van der Waals surface area contributed by atoms with Crippen molar-refractivity contribution in [3.05, 3.63) is 41.7 Å². The zero-order chi connectivity index (χ0) is 15.4. The molecule has 2 aromatic rings. The molecule has 1 heterocycles. The molecule has 6 heteroatoms. The number of methoxy groups -OCH3 is 2. The van der Waals surface area contributed by atoms with Gasteiger partial charge >= 0.3 is 0 Å². The third-order valence-corrected chi connectivity index (χ3v) is 3.03. The predicted octanol–water partition coefficient (Wildman–Crippen LogP) is 1.89. The van der Waals surface area contributed by atoms with Crippen molar-refractivity contribution in [3.63, 3.8) is 0 Å². The van der Waals surface area contributed by atoms with Crippen LogP contribution in [0, 0.1) is 0 Å². The molecular formula is C15H16N2O4. The third kappa shape index (κ3) is 3.28. The number of hydrogen-bond acceptors (Lipinski definition) is 5. The van der Waals surface area contributed by atoms with Gasteiger partial charge in [-0.05, 0) is 24.3 Å². The molecule has 1 aromatic heterocycles. The molecule has 0 atom stereocenters. The first-order chi connectivity index (χ1) is 10.0. The van der Waals surface area contributed by atoms with Gasteiger partial charge < -0.3 is 9.47 Å². The Labute approximate surface area is 122 Å². The molecule has 0 spiro atoms. The zero-order valence-electron chi connectivity index (χ0n) is 12.1. The lowest BCUT2D eigenvalue weighted by molar-refractivity contribution is 0.0889. The lowest BCUT2D eigenvalue weighted by atomic mass is 10.0. The lowest BCUT2D eigenvalue weighted by Gasteiger charge is -2.09. The van der Waals surface area contributed by atoms with E-state index in [1.54, 1.807) is 37.5 Å². The second-order valence-electron chi connectivity index (χ2n) is 4.46. The van der Waals surface area contributed by atoms with Crippen LogP contribution in [-0.2, 0) is 7.05 Å². The number of carbonyl (C=O) groups is 2. The van der Waals surface area contributed by atoms with Gasteiger partial charge in [-0.1, -0.05) is 0 Å². The topological polar surface area (TPSA) is 70.4 Å². The third-order valence-electron chi connectivity index (χ3n) is 3.03. The smallest absolute Gasteiger partial charge is 0.190 e. The summed E-state index contributed by atoms with van der Waals surface area (Å²) < 4.78 is 11.8. The van der Waals surface area contributed by atoms with Gasteiger partial charge in [-0.15, -0.1) is 0 Å². The quantitative estimate of drug-likeness (QED) is 0.599. The fraction of sp³-hybridized carbons (Fsp3) is 0.267. The van der Waals surface area contributed by atoms with E-state index < -0.39 is 0 Å². The Morgan fingerprint density at radius 3 is 2.48 bits per heavy atom. The molecule has 0 saturated heterocycles. The van der Waals surface area contributed by atoms with Crippen LogP contribution in [0.5, 0.6) is 11.5 Å². The molecule has 0 aliphatic carbocycles. The molecule has 0 radical (unpaired) electrons. The number of rotatable bonds is 6. The van der Waals surface area contributed by atoms with Crippen LogP contribution in [0.2, 0.25) is 0 Å². The van der Waals surface area contributed by atoms with Crippen molar-refractivity contribution in [1.29, 1.82) is 0 Å². The van der Waals surface area contributed by atoms with Gasteiger partial charge in [-0.2, -0.15) is 5.10 Å². The highest BCUT2D eigenvalue weighted by Gasteiger charge is 2.19. The maximum atomic E-state index is 12.3. The van der Waals surface area contributed by atoms with Gasteiger partial charge in [0.15, 0.2) is 11.6 Å². The molecule has 6 nitrogen and oxygen atoms in total. The average molecular weight is 288 g/mol. The first-order valence-electron chi connectivity index (χ1n) is 6.33. The van der Waals surface area contributed by atoms with Gasteiger partial charge in [0.05, 0.1) is 26.2 Å². The second-order valence-corrected chi connectivity index (χ2v) is 4.46. The van der Waals surface area contributed by atoms with E-state index in [0.29, 0.717) is 17.1 Å². The summed E-state index contributed by atoms with van der Waals surface area (Å²) >= 11 is 0. The van der Waals surface area contributed by atoms with E-state index in [1.165, 1.54) is 18.9 Å². The highest BCUT2D eigenvalue weighted by Crippen LogP contribution is 2.25. The van der Waals surface area contributed by atoms with Gasteiger partial charge in [0, 0.05) is 13.2 Å². The fourth-order valence-electron chi connectivity index (χ4n) is 1.93. The Balaban J connectivity index is 2.21. The number of ketones is 2. The van der Waals surface area contributed by atoms with E-state index in [2.05, 4.69) is 5.10 Å². The monoisotopic (exact) mass is 288 g/mol. The number of carbonyl (C=O) groups excluding carboxylic acids is 2. The molecule has 0 amide bonds. The van der Waals surface area contributed by atoms with Crippen LogP contribution >= 0.6 is 0 Å². The molecule has 0 N–H and O–H groups in total. The molecule has 0 fully saturated rings. The van der Waals surface area contributed by atoms with Crippen molar-refractivity contribution >= 4 is 11.6 Å². The summed E-state index contributed by atoms with van der Waals surface area (Å²) in [6.45, 7) is 0. The molecule has 0 aliphatic heterocycles. The summed E-state index contributed by atoms with van der Waals surface area (Å²) in [6.07, 6.45) is 1.39. The Morgan fingerprint density at radius 1 is 1.14 bits per heavy atom. The van der Waals surface area contributed by atoms with E-state index in [0.717, 1.165) is 0 Å². The summed E-state index contributed by atoms with van der Waals surface area (Å²) in [5.74, 6) is 0.283.